The number of allylic oxidation sites excluding steroid dienone is 1. The van der Waals surface area contributed by atoms with Crippen molar-refractivity contribution in [2.75, 3.05) is 6.54 Å². The Bertz CT molecular complexity index is 1050. The molecule has 0 fully saturated rings. The van der Waals surface area contributed by atoms with E-state index < -0.39 is 29.3 Å². The number of tetrazole rings is 1. The van der Waals surface area contributed by atoms with Crippen LogP contribution in [0.3, 0.4) is 0 Å². The van der Waals surface area contributed by atoms with Gasteiger partial charge in [0.2, 0.25) is 11.8 Å². The maximum atomic E-state index is 13.7. The Balaban J connectivity index is 2.32. The van der Waals surface area contributed by atoms with Crippen LogP contribution in [-0.4, -0.2) is 55.6 Å². The predicted molar refractivity (Wildman–Crippen MR) is 145 cm³/mol. The number of carbonyl (C=O) groups excluding carboxylic acids is 3. The van der Waals surface area contributed by atoms with Crippen LogP contribution in [0.15, 0.2) is 36.4 Å². The van der Waals surface area contributed by atoms with Gasteiger partial charge in [-0.15, -0.1) is 10.2 Å². The van der Waals surface area contributed by atoms with Crippen molar-refractivity contribution in [2.45, 2.75) is 73.3 Å². The highest BCUT2D eigenvalue weighted by Crippen LogP contribution is 2.28. The molecule has 1 aromatic heterocycles. The van der Waals surface area contributed by atoms with Crippen LogP contribution < -0.4 is 5.43 Å². The van der Waals surface area contributed by atoms with Crippen molar-refractivity contribution in [1.82, 2.24) is 31.1 Å². The van der Waals surface area contributed by atoms with Crippen LogP contribution in [0.1, 0.15) is 72.7 Å². The zero-order valence-electron chi connectivity index (χ0n) is 23.6. The highest BCUT2D eigenvalue weighted by Gasteiger charge is 2.37. The topological polar surface area (TPSA) is 130 Å². The standard InChI is InChI=1S/C28H42N6O4/c1-19(2)16-23(26(36)31-34(18-20(3)4)25(35)17-24-29-32-33-30-24)22(27(37)38-28(5,6)7)15-11-14-21-12-9-8-10-13-21/h8-14,19-20,22-23H,15-18H2,1-7H3,(H,31,36)(H,29,30,32,33)/t22-,23+/m0/s1. The Morgan fingerprint density at radius 2 is 1.74 bits per heavy atom. The lowest BCUT2D eigenvalue weighted by Crippen LogP contribution is -2.52. The lowest BCUT2D eigenvalue weighted by Gasteiger charge is -2.32. The molecule has 2 rings (SSSR count). The van der Waals surface area contributed by atoms with Crippen LogP contribution in [0, 0.1) is 23.7 Å². The first-order valence-corrected chi connectivity index (χ1v) is 13.1. The van der Waals surface area contributed by atoms with Crippen molar-refractivity contribution in [3.8, 4) is 0 Å². The number of hydrogen-bond donors (Lipinski definition) is 2. The molecule has 0 aliphatic carbocycles. The first kappa shape index (κ1) is 30.7. The van der Waals surface area contributed by atoms with Gasteiger partial charge in [0.05, 0.1) is 18.3 Å². The van der Waals surface area contributed by atoms with Crippen LogP contribution in [0.4, 0.5) is 0 Å². The number of benzene rings is 1. The number of amides is 2. The number of hydrogen-bond acceptors (Lipinski definition) is 7. The molecule has 0 unspecified atom stereocenters. The van der Waals surface area contributed by atoms with E-state index in [1.54, 1.807) is 20.8 Å². The van der Waals surface area contributed by atoms with E-state index in [-0.39, 0.29) is 30.0 Å². The molecule has 0 saturated heterocycles. The summed E-state index contributed by atoms with van der Waals surface area (Å²) in [5.41, 5.74) is 3.09. The monoisotopic (exact) mass is 526 g/mol. The summed E-state index contributed by atoms with van der Waals surface area (Å²) in [5, 5.41) is 14.8. The van der Waals surface area contributed by atoms with E-state index in [1.807, 2.05) is 70.2 Å². The minimum Gasteiger partial charge on any atom is -0.460 e. The van der Waals surface area contributed by atoms with E-state index in [0.29, 0.717) is 19.4 Å². The number of hydrazine groups is 1. The van der Waals surface area contributed by atoms with E-state index in [9.17, 15) is 14.4 Å². The molecule has 0 spiro atoms. The Kier molecular flexibility index (Phi) is 11.6. The van der Waals surface area contributed by atoms with E-state index in [1.165, 1.54) is 5.01 Å². The van der Waals surface area contributed by atoms with E-state index in [0.717, 1.165) is 5.56 Å². The average molecular weight is 527 g/mol. The molecule has 208 valence electrons. The van der Waals surface area contributed by atoms with Crippen molar-refractivity contribution < 1.29 is 19.1 Å². The van der Waals surface area contributed by atoms with Crippen LogP contribution in [0.2, 0.25) is 0 Å². The molecule has 0 aliphatic heterocycles. The second-order valence-electron chi connectivity index (χ2n) is 11.3. The molecule has 2 amide bonds. The molecule has 2 aromatic rings. The van der Waals surface area contributed by atoms with Gasteiger partial charge in [-0.05, 0) is 51.0 Å². The van der Waals surface area contributed by atoms with Crippen molar-refractivity contribution in [3.05, 3.63) is 47.8 Å². The number of nitrogens with one attached hydrogen (secondary N) is 2. The fourth-order valence-electron chi connectivity index (χ4n) is 3.96. The third-order valence-corrected chi connectivity index (χ3v) is 5.55. The molecule has 10 nitrogen and oxygen atoms in total. The van der Waals surface area contributed by atoms with E-state index in [4.69, 9.17) is 4.74 Å². The Morgan fingerprint density at radius 1 is 1.05 bits per heavy atom. The normalized spacial score (nSPS) is 13.5. The van der Waals surface area contributed by atoms with Gasteiger partial charge in [0.25, 0.3) is 0 Å². The van der Waals surface area contributed by atoms with Gasteiger partial charge in [0, 0.05) is 6.54 Å². The summed E-state index contributed by atoms with van der Waals surface area (Å²) in [4.78, 5) is 40.2. The van der Waals surface area contributed by atoms with Crippen molar-refractivity contribution in [2.24, 2.45) is 23.7 Å². The zero-order valence-corrected chi connectivity index (χ0v) is 23.6. The van der Waals surface area contributed by atoms with Crippen molar-refractivity contribution in [1.29, 1.82) is 0 Å². The molecule has 0 bridgehead atoms. The van der Waals surface area contributed by atoms with Crippen LogP contribution >= 0.6 is 0 Å². The smallest absolute Gasteiger partial charge is 0.310 e. The first-order valence-electron chi connectivity index (χ1n) is 13.1. The Morgan fingerprint density at radius 3 is 2.29 bits per heavy atom. The Hall–Kier alpha value is -3.56. The van der Waals surface area contributed by atoms with Crippen molar-refractivity contribution >= 4 is 23.9 Å². The second kappa shape index (κ2) is 14.4. The van der Waals surface area contributed by atoms with E-state index >= 15 is 0 Å². The highest BCUT2D eigenvalue weighted by atomic mass is 16.6. The van der Waals surface area contributed by atoms with Gasteiger partial charge < -0.3 is 4.74 Å². The number of aromatic amines is 1. The summed E-state index contributed by atoms with van der Waals surface area (Å²) >= 11 is 0. The molecular formula is C28H42N6O4. The van der Waals surface area contributed by atoms with E-state index in [2.05, 4.69) is 26.0 Å². The van der Waals surface area contributed by atoms with Gasteiger partial charge in [-0.1, -0.05) is 75.4 Å². The molecule has 1 heterocycles. The van der Waals surface area contributed by atoms with Crippen LogP contribution in [0.5, 0.6) is 0 Å². The maximum Gasteiger partial charge on any atom is 0.310 e. The van der Waals surface area contributed by atoms with Crippen molar-refractivity contribution in [3.63, 3.8) is 0 Å². The third-order valence-electron chi connectivity index (χ3n) is 5.55. The number of nitrogens with zero attached hydrogens (tertiary/aromatic N) is 4. The highest BCUT2D eigenvalue weighted by molar-refractivity contribution is 5.88. The Labute approximate surface area is 225 Å². The minimum absolute atomic E-state index is 0.0866. The van der Waals surface area contributed by atoms with Crippen LogP contribution in [-0.2, 0) is 25.5 Å². The third kappa shape index (κ3) is 10.8. The van der Waals surface area contributed by atoms with Gasteiger partial charge in [-0.2, -0.15) is 5.21 Å². The molecule has 10 heteroatoms. The second-order valence-corrected chi connectivity index (χ2v) is 11.3. The molecular weight excluding hydrogens is 484 g/mol. The lowest BCUT2D eigenvalue weighted by atomic mass is 9.82. The largest absolute Gasteiger partial charge is 0.460 e. The molecule has 0 radical (unpaired) electrons. The summed E-state index contributed by atoms with van der Waals surface area (Å²) in [6.45, 7) is 13.6. The quantitative estimate of drug-likeness (QED) is 0.316. The number of aromatic nitrogens is 4. The van der Waals surface area contributed by atoms with Crippen LogP contribution in [0.25, 0.3) is 6.08 Å². The lowest BCUT2D eigenvalue weighted by molar-refractivity contribution is -0.164. The summed E-state index contributed by atoms with van der Waals surface area (Å²) < 4.78 is 5.74. The summed E-state index contributed by atoms with van der Waals surface area (Å²) in [6.07, 6.45) is 4.48. The first-order chi connectivity index (χ1) is 17.9. The molecule has 2 atom stereocenters. The summed E-state index contributed by atoms with van der Waals surface area (Å²) in [7, 11) is 0. The SMILES string of the molecule is CC(C)C[C@@H](C(=O)NN(CC(C)C)C(=O)Cc1nn[nH]n1)[C@H](CC=Cc1ccccc1)C(=O)OC(C)(C)C. The number of ether oxygens (including phenoxy) is 1. The van der Waals surface area contributed by atoms with Gasteiger partial charge in [-0.25, -0.2) is 0 Å². The number of rotatable bonds is 12. The average Bonchev–Trinajstić information content (AvgIpc) is 3.32. The van der Waals surface area contributed by atoms with Gasteiger partial charge in [0.15, 0.2) is 5.82 Å². The molecule has 1 aromatic carbocycles. The summed E-state index contributed by atoms with van der Waals surface area (Å²) in [6, 6.07) is 9.75. The van der Waals surface area contributed by atoms with Gasteiger partial charge in [0.1, 0.15) is 5.60 Å². The molecule has 38 heavy (non-hydrogen) atoms. The summed E-state index contributed by atoms with van der Waals surface area (Å²) in [5.74, 6) is -2.20. The fraction of sp³-hybridized carbons (Fsp3) is 0.571. The van der Waals surface area contributed by atoms with Gasteiger partial charge in [-0.3, -0.25) is 24.8 Å². The fourth-order valence-corrected chi connectivity index (χ4v) is 3.96. The van der Waals surface area contributed by atoms with Gasteiger partial charge >= 0.3 is 5.97 Å². The minimum atomic E-state index is -0.732. The number of esters is 1. The molecule has 0 saturated carbocycles. The zero-order chi connectivity index (χ0) is 28.3. The molecule has 2 N–H and O–H groups in total. The molecule has 0 aliphatic rings. The number of H-pyrrole nitrogens is 1. The number of carbonyl (C=O) groups is 3. The predicted octanol–water partition coefficient (Wildman–Crippen LogP) is 3.98. The maximum absolute atomic E-state index is 13.7.